The van der Waals surface area contributed by atoms with E-state index in [4.69, 9.17) is 0 Å². The van der Waals surface area contributed by atoms with Crippen molar-refractivity contribution in [2.45, 2.75) is 4.90 Å². The lowest BCUT2D eigenvalue weighted by atomic mass is 10.0. The molecule has 19 heavy (non-hydrogen) atoms. The molecule has 0 aromatic heterocycles. The molecule has 5 heteroatoms. The van der Waals surface area contributed by atoms with Gasteiger partial charge in [-0.2, -0.15) is 0 Å². The Balaban J connectivity index is 2.32. The van der Waals surface area contributed by atoms with Crippen molar-refractivity contribution < 1.29 is 13.2 Å². The number of rotatable bonds is 4. The van der Waals surface area contributed by atoms with Crippen LogP contribution in [0, 0.1) is 0 Å². The molecule has 2 aromatic rings. The molecule has 0 fully saturated rings. The van der Waals surface area contributed by atoms with E-state index >= 15 is 0 Å². The van der Waals surface area contributed by atoms with Crippen LogP contribution in [0.4, 0.5) is 0 Å². The van der Waals surface area contributed by atoms with Gasteiger partial charge in [0.05, 0.1) is 4.90 Å². The van der Waals surface area contributed by atoms with E-state index < -0.39 is 10.0 Å². The van der Waals surface area contributed by atoms with Gasteiger partial charge in [-0.3, -0.25) is 4.79 Å². The Morgan fingerprint density at radius 3 is 1.95 bits per heavy atom. The number of hydrogen-bond donors (Lipinski definition) is 1. The molecule has 0 atom stereocenters. The van der Waals surface area contributed by atoms with Gasteiger partial charge in [-0.15, -0.1) is 0 Å². The van der Waals surface area contributed by atoms with Crippen LogP contribution in [0.2, 0.25) is 0 Å². The molecular weight excluding hydrogens is 262 g/mol. The Kier molecular flexibility index (Phi) is 3.78. The highest BCUT2D eigenvalue weighted by Gasteiger charge is 2.13. The topological polar surface area (TPSA) is 63.2 Å². The van der Waals surface area contributed by atoms with Gasteiger partial charge in [0.2, 0.25) is 10.0 Å². The van der Waals surface area contributed by atoms with E-state index in [9.17, 15) is 13.2 Å². The van der Waals surface area contributed by atoms with Gasteiger partial charge in [-0.05, 0) is 31.3 Å². The Bertz CT molecular complexity index is 676. The fourth-order valence-corrected chi connectivity index (χ4v) is 2.39. The highest BCUT2D eigenvalue weighted by Crippen LogP contribution is 2.13. The molecule has 0 aliphatic rings. The van der Waals surface area contributed by atoms with Crippen molar-refractivity contribution in [1.82, 2.24) is 4.72 Å². The number of carbonyl (C=O) groups excluding carboxylic acids is 1. The lowest BCUT2D eigenvalue weighted by Crippen LogP contribution is -2.18. The fraction of sp³-hybridized carbons (Fsp3) is 0.0714. The summed E-state index contributed by atoms with van der Waals surface area (Å²) in [6, 6.07) is 14.7. The van der Waals surface area contributed by atoms with Crippen LogP contribution in [0.5, 0.6) is 0 Å². The third kappa shape index (κ3) is 2.89. The molecule has 0 unspecified atom stereocenters. The van der Waals surface area contributed by atoms with Crippen molar-refractivity contribution >= 4 is 15.8 Å². The van der Waals surface area contributed by atoms with Gasteiger partial charge in [0.25, 0.3) is 0 Å². The summed E-state index contributed by atoms with van der Waals surface area (Å²) in [6.07, 6.45) is 0. The molecule has 0 aliphatic carbocycles. The van der Waals surface area contributed by atoms with Crippen LogP contribution in [0.1, 0.15) is 15.9 Å². The average molecular weight is 275 g/mol. The first kappa shape index (κ1) is 13.5. The number of hydrogen-bond acceptors (Lipinski definition) is 3. The second-order valence-corrected chi connectivity index (χ2v) is 5.81. The number of carbonyl (C=O) groups is 1. The minimum atomic E-state index is -3.47. The average Bonchev–Trinajstić information content (AvgIpc) is 2.47. The van der Waals surface area contributed by atoms with Crippen molar-refractivity contribution in [3.8, 4) is 0 Å². The lowest BCUT2D eigenvalue weighted by molar-refractivity contribution is 0.103. The maximum absolute atomic E-state index is 12.1. The van der Waals surface area contributed by atoms with Crippen molar-refractivity contribution in [3.05, 3.63) is 65.7 Å². The van der Waals surface area contributed by atoms with Crippen molar-refractivity contribution in [3.63, 3.8) is 0 Å². The molecule has 2 rings (SSSR count). The Hall–Kier alpha value is -1.98. The van der Waals surface area contributed by atoms with Gasteiger partial charge in [0, 0.05) is 11.1 Å². The minimum Gasteiger partial charge on any atom is -0.289 e. The summed E-state index contributed by atoms with van der Waals surface area (Å²) in [5.74, 6) is -0.131. The highest BCUT2D eigenvalue weighted by molar-refractivity contribution is 7.89. The van der Waals surface area contributed by atoms with E-state index in [1.807, 2.05) is 6.07 Å². The van der Waals surface area contributed by atoms with Crippen LogP contribution >= 0.6 is 0 Å². The Morgan fingerprint density at radius 1 is 0.895 bits per heavy atom. The third-order valence-electron chi connectivity index (χ3n) is 2.73. The van der Waals surface area contributed by atoms with Crippen molar-refractivity contribution in [2.24, 2.45) is 0 Å². The summed E-state index contributed by atoms with van der Waals surface area (Å²) >= 11 is 0. The molecule has 0 spiro atoms. The van der Waals surface area contributed by atoms with E-state index in [2.05, 4.69) is 4.72 Å². The summed E-state index contributed by atoms with van der Waals surface area (Å²) in [4.78, 5) is 12.3. The quantitative estimate of drug-likeness (QED) is 0.866. The second kappa shape index (κ2) is 5.34. The second-order valence-electron chi connectivity index (χ2n) is 3.93. The molecule has 0 radical (unpaired) electrons. The van der Waals surface area contributed by atoms with Crippen LogP contribution in [0.15, 0.2) is 59.5 Å². The fourth-order valence-electron chi connectivity index (χ4n) is 1.66. The van der Waals surface area contributed by atoms with Crippen molar-refractivity contribution in [2.75, 3.05) is 7.05 Å². The van der Waals surface area contributed by atoms with E-state index in [0.29, 0.717) is 11.1 Å². The maximum atomic E-state index is 12.1. The minimum absolute atomic E-state index is 0.131. The largest absolute Gasteiger partial charge is 0.289 e. The van der Waals surface area contributed by atoms with Crippen LogP contribution in [0.3, 0.4) is 0 Å². The summed E-state index contributed by atoms with van der Waals surface area (Å²) in [6.45, 7) is 0. The predicted molar refractivity (Wildman–Crippen MR) is 72.6 cm³/mol. The van der Waals surface area contributed by atoms with Gasteiger partial charge in [0.15, 0.2) is 5.78 Å². The van der Waals surface area contributed by atoms with Gasteiger partial charge in [-0.1, -0.05) is 30.3 Å². The van der Waals surface area contributed by atoms with Gasteiger partial charge < -0.3 is 0 Å². The first-order valence-electron chi connectivity index (χ1n) is 5.68. The summed E-state index contributed by atoms with van der Waals surface area (Å²) in [7, 11) is -2.12. The van der Waals surface area contributed by atoms with E-state index in [0.717, 1.165) is 0 Å². The standard InChI is InChI=1S/C14H13NO3S/c1-15-19(17,18)13-9-7-12(8-10-13)14(16)11-5-3-2-4-6-11/h2-10,15H,1H3. The smallest absolute Gasteiger partial charge is 0.240 e. The van der Waals surface area contributed by atoms with E-state index in [-0.39, 0.29) is 10.7 Å². The number of sulfonamides is 1. The zero-order valence-electron chi connectivity index (χ0n) is 10.3. The van der Waals surface area contributed by atoms with Crippen LogP contribution in [-0.4, -0.2) is 21.2 Å². The van der Waals surface area contributed by atoms with Gasteiger partial charge in [-0.25, -0.2) is 13.1 Å². The molecular formula is C14H13NO3S. The summed E-state index contributed by atoms with van der Waals surface area (Å²) in [5.41, 5.74) is 1.04. The molecule has 0 bridgehead atoms. The highest BCUT2D eigenvalue weighted by atomic mass is 32.2. The van der Waals surface area contributed by atoms with Gasteiger partial charge >= 0.3 is 0 Å². The normalized spacial score (nSPS) is 11.2. The van der Waals surface area contributed by atoms with Crippen molar-refractivity contribution in [1.29, 1.82) is 0 Å². The number of benzene rings is 2. The Morgan fingerprint density at radius 2 is 1.42 bits per heavy atom. The van der Waals surface area contributed by atoms with Crippen LogP contribution in [0.25, 0.3) is 0 Å². The lowest BCUT2D eigenvalue weighted by Gasteiger charge is -2.04. The van der Waals surface area contributed by atoms with Crippen LogP contribution < -0.4 is 4.72 Å². The first-order chi connectivity index (χ1) is 9.04. The molecule has 0 heterocycles. The molecule has 0 saturated heterocycles. The maximum Gasteiger partial charge on any atom is 0.240 e. The molecule has 4 nitrogen and oxygen atoms in total. The monoisotopic (exact) mass is 275 g/mol. The van der Waals surface area contributed by atoms with Crippen LogP contribution in [-0.2, 0) is 10.0 Å². The summed E-state index contributed by atoms with van der Waals surface area (Å²) < 4.78 is 25.3. The molecule has 1 N–H and O–H groups in total. The molecule has 98 valence electrons. The SMILES string of the molecule is CNS(=O)(=O)c1ccc(C(=O)c2ccccc2)cc1. The third-order valence-corrected chi connectivity index (χ3v) is 4.16. The number of ketones is 1. The molecule has 0 saturated carbocycles. The first-order valence-corrected chi connectivity index (χ1v) is 7.16. The zero-order chi connectivity index (χ0) is 13.9. The summed E-state index contributed by atoms with van der Waals surface area (Å²) in [5, 5.41) is 0. The predicted octanol–water partition coefficient (Wildman–Crippen LogP) is 1.83. The molecule has 0 amide bonds. The van der Waals surface area contributed by atoms with E-state index in [1.54, 1.807) is 24.3 Å². The molecule has 0 aliphatic heterocycles. The zero-order valence-corrected chi connectivity index (χ0v) is 11.1. The van der Waals surface area contributed by atoms with Gasteiger partial charge in [0.1, 0.15) is 0 Å². The Labute approximate surface area is 112 Å². The van der Waals surface area contributed by atoms with E-state index in [1.165, 1.54) is 31.3 Å². The number of nitrogens with one attached hydrogen (secondary N) is 1. The molecule has 2 aromatic carbocycles.